The van der Waals surface area contributed by atoms with Crippen molar-refractivity contribution in [3.8, 4) is 5.75 Å². The number of hydrogen-bond donors (Lipinski definition) is 1. The highest BCUT2D eigenvalue weighted by molar-refractivity contribution is 5.91. The number of furan rings is 1. The molecule has 2 aromatic rings. The van der Waals surface area contributed by atoms with Gasteiger partial charge in [-0.05, 0) is 36.8 Å². The molecule has 1 aromatic carbocycles. The van der Waals surface area contributed by atoms with Crippen LogP contribution in [0.2, 0.25) is 0 Å². The van der Waals surface area contributed by atoms with Gasteiger partial charge in [-0.3, -0.25) is 4.79 Å². The van der Waals surface area contributed by atoms with E-state index < -0.39 is 0 Å². The molecule has 5 nitrogen and oxygen atoms in total. The van der Waals surface area contributed by atoms with Crippen molar-refractivity contribution in [3.05, 3.63) is 54.0 Å². The quantitative estimate of drug-likeness (QED) is 0.893. The molecule has 1 aliphatic heterocycles. The van der Waals surface area contributed by atoms with Gasteiger partial charge in [-0.2, -0.15) is 0 Å². The van der Waals surface area contributed by atoms with Crippen LogP contribution in [0.5, 0.6) is 5.75 Å². The fraction of sp³-hybridized carbons (Fsp3) is 0.476. The molecule has 26 heavy (non-hydrogen) atoms. The van der Waals surface area contributed by atoms with Gasteiger partial charge in [0.05, 0.1) is 33.0 Å². The van der Waals surface area contributed by atoms with Gasteiger partial charge in [-0.1, -0.05) is 19.1 Å². The van der Waals surface area contributed by atoms with E-state index in [9.17, 15) is 4.79 Å². The summed E-state index contributed by atoms with van der Waals surface area (Å²) in [5.41, 5.74) is 1.09. The second-order valence-corrected chi connectivity index (χ2v) is 7.49. The van der Waals surface area contributed by atoms with Gasteiger partial charge in [0.1, 0.15) is 5.75 Å². The first-order valence-electron chi connectivity index (χ1n) is 9.29. The molecule has 4 atom stereocenters. The maximum Gasteiger partial charge on any atom is 0.290 e. The molecule has 1 fully saturated rings. The van der Waals surface area contributed by atoms with Gasteiger partial charge >= 0.3 is 0 Å². The summed E-state index contributed by atoms with van der Waals surface area (Å²) in [5.74, 6) is 1.63. The molecule has 1 aromatic heterocycles. The minimum Gasteiger partial charge on any atom is -0.497 e. The van der Waals surface area contributed by atoms with E-state index in [1.807, 2.05) is 29.2 Å². The predicted octanol–water partition coefficient (Wildman–Crippen LogP) is 2.24. The van der Waals surface area contributed by atoms with Crippen LogP contribution < -0.4 is 9.64 Å². The number of nitrogens with one attached hydrogen (secondary N) is 1. The van der Waals surface area contributed by atoms with E-state index in [0.29, 0.717) is 24.3 Å². The lowest BCUT2D eigenvalue weighted by molar-refractivity contribution is -0.913. The average molecular weight is 357 g/mol. The van der Waals surface area contributed by atoms with Crippen LogP contribution >= 0.6 is 0 Å². The highest BCUT2D eigenvalue weighted by Crippen LogP contribution is 2.24. The van der Waals surface area contributed by atoms with E-state index in [-0.39, 0.29) is 11.9 Å². The first-order valence-corrected chi connectivity index (χ1v) is 9.29. The number of piperidine rings is 1. The van der Waals surface area contributed by atoms with Gasteiger partial charge in [0, 0.05) is 24.9 Å². The smallest absolute Gasteiger partial charge is 0.290 e. The molecule has 3 rings (SSSR count). The van der Waals surface area contributed by atoms with Crippen molar-refractivity contribution in [3.63, 3.8) is 0 Å². The van der Waals surface area contributed by atoms with Crippen LogP contribution in [0.4, 0.5) is 0 Å². The molecule has 1 saturated heterocycles. The van der Waals surface area contributed by atoms with E-state index in [1.54, 1.807) is 25.5 Å². The van der Waals surface area contributed by atoms with Crippen LogP contribution in [0.15, 0.2) is 47.1 Å². The highest BCUT2D eigenvalue weighted by Gasteiger charge is 2.38. The minimum atomic E-state index is -0.0329. The molecule has 0 radical (unpaired) electrons. The molecule has 2 heterocycles. The molecule has 1 unspecified atom stereocenters. The van der Waals surface area contributed by atoms with Crippen molar-refractivity contribution in [1.82, 2.24) is 4.90 Å². The summed E-state index contributed by atoms with van der Waals surface area (Å²) in [6.07, 6.45) is 2.55. The fourth-order valence-electron chi connectivity index (χ4n) is 3.88. The lowest BCUT2D eigenvalue weighted by atomic mass is 9.88. The van der Waals surface area contributed by atoms with Crippen molar-refractivity contribution in [2.24, 2.45) is 5.92 Å². The van der Waals surface area contributed by atoms with Gasteiger partial charge in [-0.15, -0.1) is 0 Å². The molecule has 5 heteroatoms. The minimum absolute atomic E-state index is 0.0329. The van der Waals surface area contributed by atoms with Gasteiger partial charge in [0.2, 0.25) is 0 Å². The topological polar surface area (TPSA) is 47.1 Å². The van der Waals surface area contributed by atoms with Crippen molar-refractivity contribution < 1.29 is 18.8 Å². The van der Waals surface area contributed by atoms with Crippen LogP contribution in [0.3, 0.4) is 0 Å². The number of methoxy groups -OCH3 is 1. The number of nitrogens with zero attached hydrogens (tertiary/aromatic N) is 1. The van der Waals surface area contributed by atoms with E-state index in [2.05, 4.69) is 20.9 Å². The number of quaternary nitrogens is 1. The molecule has 1 N–H and O–H groups in total. The summed E-state index contributed by atoms with van der Waals surface area (Å²) < 4.78 is 10.6. The third-order valence-electron chi connectivity index (χ3n) is 5.64. The van der Waals surface area contributed by atoms with E-state index >= 15 is 0 Å². The molecule has 1 amide bonds. The molecule has 140 valence electrons. The highest BCUT2D eigenvalue weighted by atomic mass is 16.5. The van der Waals surface area contributed by atoms with Gasteiger partial charge < -0.3 is 19.0 Å². The Morgan fingerprint density at radius 3 is 2.62 bits per heavy atom. The largest absolute Gasteiger partial charge is 0.497 e. The van der Waals surface area contributed by atoms with E-state index in [4.69, 9.17) is 9.15 Å². The Morgan fingerprint density at radius 2 is 2.00 bits per heavy atom. The maximum atomic E-state index is 13.2. The van der Waals surface area contributed by atoms with Crippen LogP contribution in [-0.2, 0) is 6.54 Å². The number of amides is 1. The van der Waals surface area contributed by atoms with E-state index in [1.165, 1.54) is 4.90 Å². The predicted molar refractivity (Wildman–Crippen MR) is 100 cm³/mol. The van der Waals surface area contributed by atoms with Crippen molar-refractivity contribution in [1.29, 1.82) is 0 Å². The third kappa shape index (κ3) is 3.93. The van der Waals surface area contributed by atoms with Crippen LogP contribution in [0, 0.1) is 5.92 Å². The molecular weight excluding hydrogens is 328 g/mol. The number of benzene rings is 1. The SMILES string of the molecule is COc1ccc(CN(C(=O)c2ccco2)[C@H]2C[C@@H](C)[NH+](C)C[C@H]2C)cc1. The summed E-state index contributed by atoms with van der Waals surface area (Å²) >= 11 is 0. The monoisotopic (exact) mass is 357 g/mol. The number of ether oxygens (including phenoxy) is 1. The Bertz CT molecular complexity index is 711. The zero-order valence-electron chi connectivity index (χ0n) is 16.1. The van der Waals surface area contributed by atoms with Gasteiger partial charge in [0.25, 0.3) is 5.91 Å². The summed E-state index contributed by atoms with van der Waals surface area (Å²) in [5, 5.41) is 0. The Kier molecular flexibility index (Phi) is 5.67. The zero-order valence-corrected chi connectivity index (χ0v) is 16.1. The second kappa shape index (κ2) is 7.96. The molecule has 0 aliphatic carbocycles. The van der Waals surface area contributed by atoms with Crippen molar-refractivity contribution in [2.45, 2.75) is 38.9 Å². The van der Waals surface area contributed by atoms with Gasteiger partial charge in [0.15, 0.2) is 5.76 Å². The number of carbonyl (C=O) groups excluding carboxylic acids is 1. The standard InChI is InChI=1S/C21H28N2O3/c1-15-13-22(3)16(2)12-19(15)23(21(24)20-6-5-11-26-20)14-17-7-9-18(25-4)10-8-17/h5-11,15-16,19H,12-14H2,1-4H3/p+1/t15-,16-,19+/m1/s1. The van der Waals surface area contributed by atoms with Crippen molar-refractivity contribution in [2.75, 3.05) is 20.7 Å². The Hall–Kier alpha value is -2.27. The van der Waals surface area contributed by atoms with Crippen LogP contribution in [0.1, 0.15) is 36.4 Å². The number of rotatable bonds is 5. The molecule has 1 aliphatic rings. The first-order chi connectivity index (χ1) is 12.5. The lowest BCUT2D eigenvalue weighted by Gasteiger charge is -2.42. The Labute approximate surface area is 155 Å². The summed E-state index contributed by atoms with van der Waals surface area (Å²) in [7, 11) is 3.89. The van der Waals surface area contributed by atoms with Crippen molar-refractivity contribution >= 4 is 5.91 Å². The number of likely N-dealkylation sites (tertiary alicyclic amines) is 1. The Balaban J connectivity index is 1.87. The summed E-state index contributed by atoms with van der Waals surface area (Å²) in [6.45, 7) is 6.15. The number of hydrogen-bond acceptors (Lipinski definition) is 3. The maximum absolute atomic E-state index is 13.2. The second-order valence-electron chi connectivity index (χ2n) is 7.49. The number of carbonyl (C=O) groups is 1. The lowest BCUT2D eigenvalue weighted by Crippen LogP contribution is -3.15. The molecule has 0 bridgehead atoms. The van der Waals surface area contributed by atoms with Gasteiger partial charge in [-0.25, -0.2) is 0 Å². The average Bonchev–Trinajstić information content (AvgIpc) is 3.18. The summed E-state index contributed by atoms with van der Waals surface area (Å²) in [4.78, 5) is 16.7. The normalized spacial score (nSPS) is 25.7. The summed E-state index contributed by atoms with van der Waals surface area (Å²) in [6, 6.07) is 12.2. The Morgan fingerprint density at radius 1 is 1.27 bits per heavy atom. The first kappa shape index (κ1) is 18.5. The molecule has 0 spiro atoms. The fourth-order valence-corrected chi connectivity index (χ4v) is 3.88. The van der Waals surface area contributed by atoms with Crippen LogP contribution in [0.25, 0.3) is 0 Å². The van der Waals surface area contributed by atoms with E-state index in [0.717, 1.165) is 24.3 Å². The third-order valence-corrected chi connectivity index (χ3v) is 5.64. The molecular formula is C21H29N2O3+. The molecule has 0 saturated carbocycles. The zero-order chi connectivity index (χ0) is 18.7. The van der Waals surface area contributed by atoms with Crippen LogP contribution in [-0.4, -0.2) is 43.6 Å².